The van der Waals surface area contributed by atoms with E-state index in [1.165, 1.54) is 25.1 Å². The molecule has 0 spiro atoms. The molecule has 2 rings (SSSR count). The highest BCUT2D eigenvalue weighted by atomic mass is 32.1. The Hall–Kier alpha value is -2.87. The number of rotatable bonds is 6. The summed E-state index contributed by atoms with van der Waals surface area (Å²) in [5, 5.41) is 0. The molecule has 0 saturated carbocycles. The SMILES string of the molecule is CCOC(=O)c1sc(=Nc2cccc(F)c2)c(C(C)=O)c(C)c1C(=O)OCC. The number of halogens is 1. The molecule has 1 heterocycles. The fourth-order valence-corrected chi connectivity index (χ4v) is 3.82. The fraction of sp³-hybridized carbons (Fsp3) is 0.300. The third-order valence-electron chi connectivity index (χ3n) is 3.72. The first-order chi connectivity index (χ1) is 13.3. The van der Waals surface area contributed by atoms with Crippen molar-refractivity contribution in [2.75, 3.05) is 13.2 Å². The lowest BCUT2D eigenvalue weighted by Crippen LogP contribution is -2.22. The van der Waals surface area contributed by atoms with Crippen LogP contribution in [0.25, 0.3) is 0 Å². The molecule has 8 heteroatoms. The Balaban J connectivity index is 2.87. The zero-order chi connectivity index (χ0) is 20.8. The van der Waals surface area contributed by atoms with E-state index in [1.54, 1.807) is 26.8 Å². The van der Waals surface area contributed by atoms with Crippen LogP contribution in [0.1, 0.15) is 56.7 Å². The first-order valence-electron chi connectivity index (χ1n) is 8.63. The quantitative estimate of drug-likeness (QED) is 0.536. The van der Waals surface area contributed by atoms with Gasteiger partial charge in [-0.2, -0.15) is 0 Å². The van der Waals surface area contributed by atoms with Crippen LogP contribution >= 0.6 is 11.3 Å². The number of ketones is 1. The summed E-state index contributed by atoms with van der Waals surface area (Å²) in [7, 11) is 0. The lowest BCUT2D eigenvalue weighted by molar-refractivity contribution is 0.0482. The molecule has 0 aliphatic heterocycles. The van der Waals surface area contributed by atoms with Crippen molar-refractivity contribution in [1.82, 2.24) is 0 Å². The highest BCUT2D eigenvalue weighted by Crippen LogP contribution is 2.23. The Morgan fingerprint density at radius 2 is 1.71 bits per heavy atom. The predicted octanol–water partition coefficient (Wildman–Crippen LogP) is 3.98. The lowest BCUT2D eigenvalue weighted by Gasteiger charge is -2.13. The van der Waals surface area contributed by atoms with E-state index in [0.29, 0.717) is 0 Å². The molecule has 0 saturated heterocycles. The van der Waals surface area contributed by atoms with Crippen LogP contribution in [0.5, 0.6) is 0 Å². The average Bonchev–Trinajstić information content (AvgIpc) is 2.61. The first-order valence-corrected chi connectivity index (χ1v) is 9.44. The van der Waals surface area contributed by atoms with E-state index in [1.807, 2.05) is 0 Å². The molecule has 148 valence electrons. The topological polar surface area (TPSA) is 82.0 Å². The zero-order valence-electron chi connectivity index (χ0n) is 16.0. The van der Waals surface area contributed by atoms with E-state index in [-0.39, 0.29) is 50.9 Å². The molecule has 28 heavy (non-hydrogen) atoms. The van der Waals surface area contributed by atoms with Gasteiger partial charge in [0.1, 0.15) is 15.4 Å². The summed E-state index contributed by atoms with van der Waals surface area (Å²) in [6.45, 7) is 6.37. The van der Waals surface area contributed by atoms with Gasteiger partial charge in [-0.3, -0.25) is 4.79 Å². The van der Waals surface area contributed by atoms with Gasteiger partial charge in [0.25, 0.3) is 0 Å². The minimum Gasteiger partial charge on any atom is -0.462 e. The van der Waals surface area contributed by atoms with Gasteiger partial charge in [-0.1, -0.05) is 6.07 Å². The normalized spacial score (nSPS) is 11.2. The van der Waals surface area contributed by atoms with Crippen LogP contribution in [0.2, 0.25) is 0 Å². The van der Waals surface area contributed by atoms with Gasteiger partial charge in [-0.05, 0) is 51.5 Å². The average molecular weight is 405 g/mol. The molecule has 6 nitrogen and oxygen atoms in total. The van der Waals surface area contributed by atoms with Gasteiger partial charge in [0, 0.05) is 0 Å². The van der Waals surface area contributed by atoms with Crippen LogP contribution in [0, 0.1) is 12.7 Å². The summed E-state index contributed by atoms with van der Waals surface area (Å²) in [5.74, 6) is -2.27. The maximum absolute atomic E-state index is 13.5. The summed E-state index contributed by atoms with van der Waals surface area (Å²) in [4.78, 5) is 41.5. The molecule has 0 atom stereocenters. The number of esters is 2. The number of benzene rings is 1. The standard InChI is InChI=1S/C20H20FNO5S/c1-5-26-19(24)16-11(3)15(12(4)23)18(28-17(16)20(25)27-6-2)22-14-9-7-8-13(21)10-14/h7-10H,5-6H2,1-4H3. The second-order valence-electron chi connectivity index (χ2n) is 5.70. The van der Waals surface area contributed by atoms with Crippen molar-refractivity contribution in [2.24, 2.45) is 4.99 Å². The molecule has 0 fully saturated rings. The molecule has 0 amide bonds. The molecule has 0 bridgehead atoms. The maximum atomic E-state index is 13.5. The van der Waals surface area contributed by atoms with Crippen molar-refractivity contribution >= 4 is 34.7 Å². The van der Waals surface area contributed by atoms with E-state index < -0.39 is 17.8 Å². The van der Waals surface area contributed by atoms with E-state index in [9.17, 15) is 18.8 Å². The minimum absolute atomic E-state index is 0.0158. The maximum Gasteiger partial charge on any atom is 0.349 e. The molecule has 0 aliphatic carbocycles. The Kier molecular flexibility index (Phi) is 7.17. The smallest absolute Gasteiger partial charge is 0.349 e. The van der Waals surface area contributed by atoms with Crippen molar-refractivity contribution in [2.45, 2.75) is 27.7 Å². The van der Waals surface area contributed by atoms with Gasteiger partial charge in [0.15, 0.2) is 5.78 Å². The van der Waals surface area contributed by atoms with Gasteiger partial charge in [-0.15, -0.1) is 11.3 Å². The Labute approximate surface area is 165 Å². The number of hydrogen-bond acceptors (Lipinski definition) is 7. The van der Waals surface area contributed by atoms with Crippen LogP contribution in [0.4, 0.5) is 10.1 Å². The van der Waals surface area contributed by atoms with Crippen molar-refractivity contribution in [3.63, 3.8) is 0 Å². The molecule has 0 aliphatic rings. The van der Waals surface area contributed by atoms with E-state index in [0.717, 1.165) is 11.3 Å². The van der Waals surface area contributed by atoms with Gasteiger partial charge >= 0.3 is 11.9 Å². The van der Waals surface area contributed by atoms with Crippen molar-refractivity contribution in [3.05, 3.63) is 56.3 Å². The van der Waals surface area contributed by atoms with E-state index in [2.05, 4.69) is 4.99 Å². The Morgan fingerprint density at radius 1 is 1.07 bits per heavy atom. The molecular formula is C20H20FNO5S. The molecular weight excluding hydrogens is 385 g/mol. The van der Waals surface area contributed by atoms with Crippen molar-refractivity contribution in [1.29, 1.82) is 0 Å². The van der Waals surface area contributed by atoms with Crippen LogP contribution in [0.15, 0.2) is 29.3 Å². The predicted molar refractivity (Wildman–Crippen MR) is 103 cm³/mol. The summed E-state index contributed by atoms with van der Waals surface area (Å²) in [5.41, 5.74) is 0.693. The number of nitrogens with zero attached hydrogens (tertiary/aromatic N) is 1. The third kappa shape index (κ3) is 4.69. The van der Waals surface area contributed by atoms with Gasteiger partial charge < -0.3 is 9.47 Å². The van der Waals surface area contributed by atoms with Crippen LogP contribution in [-0.2, 0) is 9.47 Å². The highest BCUT2D eigenvalue weighted by Gasteiger charge is 2.27. The molecule has 0 radical (unpaired) electrons. The molecule has 2 aromatic rings. The largest absolute Gasteiger partial charge is 0.462 e. The van der Waals surface area contributed by atoms with Crippen LogP contribution in [0.3, 0.4) is 0 Å². The molecule has 1 aromatic heterocycles. The molecule has 0 unspecified atom stereocenters. The summed E-state index contributed by atoms with van der Waals surface area (Å²) >= 11 is 0.836. The van der Waals surface area contributed by atoms with Crippen molar-refractivity contribution < 1.29 is 28.2 Å². The lowest BCUT2D eigenvalue weighted by atomic mass is 10.0. The second kappa shape index (κ2) is 9.36. The van der Waals surface area contributed by atoms with Crippen LogP contribution < -0.4 is 4.67 Å². The van der Waals surface area contributed by atoms with Gasteiger partial charge in [0.2, 0.25) is 0 Å². The second-order valence-corrected chi connectivity index (χ2v) is 6.70. The number of carbonyl (C=O) groups is 3. The molecule has 1 aromatic carbocycles. The fourth-order valence-electron chi connectivity index (χ4n) is 2.60. The van der Waals surface area contributed by atoms with E-state index in [4.69, 9.17) is 9.47 Å². The monoisotopic (exact) mass is 405 g/mol. The number of Topliss-reactive ketones (excluding diaryl/α,β-unsaturated/α-hetero) is 1. The van der Waals surface area contributed by atoms with E-state index >= 15 is 0 Å². The third-order valence-corrected chi connectivity index (χ3v) is 4.78. The summed E-state index contributed by atoms with van der Waals surface area (Å²) < 4.78 is 23.8. The van der Waals surface area contributed by atoms with Crippen molar-refractivity contribution in [3.8, 4) is 0 Å². The highest BCUT2D eigenvalue weighted by molar-refractivity contribution is 7.11. The van der Waals surface area contributed by atoms with Crippen LogP contribution in [-0.4, -0.2) is 30.9 Å². The first kappa shape index (κ1) is 21.4. The number of ether oxygens (including phenoxy) is 2. The summed E-state index contributed by atoms with van der Waals surface area (Å²) in [6, 6.07) is 5.53. The van der Waals surface area contributed by atoms with Gasteiger partial charge in [0.05, 0.1) is 30.0 Å². The number of carbonyl (C=O) groups excluding carboxylic acids is 3. The Bertz CT molecular complexity index is 997. The molecule has 0 N–H and O–H groups in total. The zero-order valence-corrected chi connectivity index (χ0v) is 16.8. The minimum atomic E-state index is -0.723. The van der Waals surface area contributed by atoms with Gasteiger partial charge in [-0.25, -0.2) is 19.0 Å². The number of hydrogen-bond donors (Lipinski definition) is 0. The Morgan fingerprint density at radius 3 is 2.29 bits per heavy atom. The summed E-state index contributed by atoms with van der Waals surface area (Å²) in [6.07, 6.45) is 0.